The molecular formula is C15H22BrClN2O. The third-order valence-corrected chi connectivity index (χ3v) is 4.57. The second-order valence-electron chi connectivity index (χ2n) is 5.52. The fraction of sp³-hybridized carbons (Fsp3) is 0.533. The van der Waals surface area contributed by atoms with Gasteiger partial charge in [0.25, 0.3) is 0 Å². The summed E-state index contributed by atoms with van der Waals surface area (Å²) in [5.41, 5.74) is 6.21. The highest BCUT2D eigenvalue weighted by molar-refractivity contribution is 9.10. The van der Waals surface area contributed by atoms with Crippen molar-refractivity contribution in [2.75, 3.05) is 13.1 Å². The molecule has 5 heteroatoms. The Morgan fingerprint density at radius 1 is 1.45 bits per heavy atom. The molecule has 2 rings (SSSR count). The van der Waals surface area contributed by atoms with Crippen LogP contribution in [0.5, 0.6) is 0 Å². The maximum atomic E-state index is 12.6. The average molecular weight is 362 g/mol. The van der Waals surface area contributed by atoms with Crippen molar-refractivity contribution in [2.45, 2.75) is 32.2 Å². The van der Waals surface area contributed by atoms with Crippen LogP contribution in [0.4, 0.5) is 0 Å². The van der Waals surface area contributed by atoms with Crippen LogP contribution in [0.2, 0.25) is 0 Å². The van der Waals surface area contributed by atoms with E-state index in [1.807, 2.05) is 29.2 Å². The molecule has 1 aliphatic heterocycles. The summed E-state index contributed by atoms with van der Waals surface area (Å²) in [6, 6.07) is 7.67. The molecule has 0 aromatic heterocycles. The molecule has 2 unspecified atom stereocenters. The fourth-order valence-corrected chi connectivity index (χ4v) is 2.86. The van der Waals surface area contributed by atoms with Gasteiger partial charge >= 0.3 is 0 Å². The lowest BCUT2D eigenvalue weighted by Crippen LogP contribution is -2.50. The van der Waals surface area contributed by atoms with Gasteiger partial charge in [0, 0.05) is 17.6 Å². The predicted molar refractivity (Wildman–Crippen MR) is 87.9 cm³/mol. The molecule has 0 aliphatic carbocycles. The zero-order chi connectivity index (χ0) is 14.0. The molecule has 1 aromatic rings. The molecule has 1 aliphatic rings. The summed E-state index contributed by atoms with van der Waals surface area (Å²) in [6.45, 7) is 5.66. The highest BCUT2D eigenvalue weighted by Crippen LogP contribution is 2.27. The number of rotatable bonds is 3. The monoisotopic (exact) mass is 360 g/mol. The fourth-order valence-electron chi connectivity index (χ4n) is 2.60. The highest BCUT2D eigenvalue weighted by Gasteiger charge is 2.37. The molecule has 1 heterocycles. The minimum Gasteiger partial charge on any atom is -0.341 e. The van der Waals surface area contributed by atoms with Crippen LogP contribution in [0.15, 0.2) is 28.7 Å². The van der Waals surface area contributed by atoms with Crippen LogP contribution >= 0.6 is 28.3 Å². The van der Waals surface area contributed by atoms with Crippen molar-refractivity contribution in [3.63, 3.8) is 0 Å². The SMILES string of the molecule is CCC1CCN(C(=O)C(C)(N)c2ccc(Br)cc2)C1.Cl. The average Bonchev–Trinajstić information content (AvgIpc) is 2.87. The molecule has 112 valence electrons. The van der Waals surface area contributed by atoms with E-state index in [2.05, 4.69) is 22.9 Å². The van der Waals surface area contributed by atoms with Crippen molar-refractivity contribution in [3.8, 4) is 0 Å². The van der Waals surface area contributed by atoms with E-state index in [4.69, 9.17) is 5.73 Å². The van der Waals surface area contributed by atoms with E-state index < -0.39 is 5.54 Å². The van der Waals surface area contributed by atoms with Gasteiger partial charge in [0.1, 0.15) is 5.54 Å². The smallest absolute Gasteiger partial charge is 0.246 e. The van der Waals surface area contributed by atoms with Crippen LogP contribution < -0.4 is 5.73 Å². The number of carbonyl (C=O) groups excluding carboxylic acids is 1. The maximum absolute atomic E-state index is 12.6. The molecule has 0 spiro atoms. The van der Waals surface area contributed by atoms with E-state index in [0.29, 0.717) is 5.92 Å². The summed E-state index contributed by atoms with van der Waals surface area (Å²) in [5.74, 6) is 0.662. The molecule has 0 bridgehead atoms. The lowest BCUT2D eigenvalue weighted by atomic mass is 9.91. The van der Waals surface area contributed by atoms with Crippen LogP contribution in [-0.2, 0) is 10.3 Å². The first-order chi connectivity index (χ1) is 8.95. The van der Waals surface area contributed by atoms with Crippen molar-refractivity contribution in [2.24, 2.45) is 11.7 Å². The number of hydrogen-bond donors (Lipinski definition) is 1. The first kappa shape index (κ1) is 17.5. The summed E-state index contributed by atoms with van der Waals surface area (Å²) in [4.78, 5) is 14.5. The quantitative estimate of drug-likeness (QED) is 0.898. The zero-order valence-corrected chi connectivity index (χ0v) is 14.3. The van der Waals surface area contributed by atoms with Gasteiger partial charge in [-0.05, 0) is 37.0 Å². The number of benzene rings is 1. The van der Waals surface area contributed by atoms with E-state index in [-0.39, 0.29) is 18.3 Å². The van der Waals surface area contributed by atoms with Gasteiger partial charge in [0.2, 0.25) is 5.91 Å². The Labute approximate surface area is 135 Å². The van der Waals surface area contributed by atoms with Gasteiger partial charge in [-0.1, -0.05) is 41.4 Å². The van der Waals surface area contributed by atoms with Crippen molar-refractivity contribution >= 4 is 34.2 Å². The predicted octanol–water partition coefficient (Wildman–Crippen LogP) is 3.30. The topological polar surface area (TPSA) is 46.3 Å². The lowest BCUT2D eigenvalue weighted by Gasteiger charge is -2.29. The Morgan fingerprint density at radius 3 is 2.55 bits per heavy atom. The maximum Gasteiger partial charge on any atom is 0.246 e. The highest BCUT2D eigenvalue weighted by atomic mass is 79.9. The number of likely N-dealkylation sites (tertiary alicyclic amines) is 1. The van der Waals surface area contributed by atoms with Crippen molar-refractivity contribution in [1.29, 1.82) is 0 Å². The molecule has 0 radical (unpaired) electrons. The number of amides is 1. The van der Waals surface area contributed by atoms with Crippen LogP contribution in [0.1, 0.15) is 32.3 Å². The first-order valence-electron chi connectivity index (χ1n) is 6.79. The second-order valence-corrected chi connectivity index (χ2v) is 6.44. The van der Waals surface area contributed by atoms with E-state index in [1.165, 1.54) is 0 Å². The second kappa shape index (κ2) is 6.92. The van der Waals surface area contributed by atoms with Gasteiger partial charge in [-0.15, -0.1) is 12.4 Å². The van der Waals surface area contributed by atoms with Crippen LogP contribution in [-0.4, -0.2) is 23.9 Å². The first-order valence-corrected chi connectivity index (χ1v) is 7.58. The molecule has 1 saturated heterocycles. The number of hydrogen-bond acceptors (Lipinski definition) is 2. The Kier molecular flexibility index (Phi) is 6.05. The Bertz CT molecular complexity index is 461. The van der Waals surface area contributed by atoms with E-state index in [0.717, 1.165) is 36.0 Å². The van der Waals surface area contributed by atoms with E-state index in [1.54, 1.807) is 6.92 Å². The van der Waals surface area contributed by atoms with Crippen LogP contribution in [0.25, 0.3) is 0 Å². The van der Waals surface area contributed by atoms with Gasteiger partial charge < -0.3 is 10.6 Å². The third-order valence-electron chi connectivity index (χ3n) is 4.04. The number of halogens is 2. The van der Waals surface area contributed by atoms with Crippen molar-refractivity contribution in [1.82, 2.24) is 4.90 Å². The van der Waals surface area contributed by atoms with Gasteiger partial charge in [-0.3, -0.25) is 4.79 Å². The Morgan fingerprint density at radius 2 is 2.05 bits per heavy atom. The molecule has 1 fully saturated rings. The third kappa shape index (κ3) is 3.54. The van der Waals surface area contributed by atoms with Crippen molar-refractivity contribution in [3.05, 3.63) is 34.3 Å². The summed E-state index contributed by atoms with van der Waals surface area (Å²) in [5, 5.41) is 0. The zero-order valence-electron chi connectivity index (χ0n) is 11.9. The standard InChI is InChI=1S/C15H21BrN2O.ClH/c1-3-11-8-9-18(10-11)14(19)15(2,17)12-4-6-13(16)7-5-12;/h4-7,11H,3,8-10,17H2,1-2H3;1H. The van der Waals surface area contributed by atoms with Crippen LogP contribution in [0, 0.1) is 5.92 Å². The van der Waals surface area contributed by atoms with Gasteiger partial charge in [0.05, 0.1) is 0 Å². The van der Waals surface area contributed by atoms with Gasteiger partial charge in [-0.25, -0.2) is 0 Å². The molecule has 2 atom stereocenters. The summed E-state index contributed by atoms with van der Waals surface area (Å²) >= 11 is 3.40. The van der Waals surface area contributed by atoms with Crippen LogP contribution in [0.3, 0.4) is 0 Å². The summed E-state index contributed by atoms with van der Waals surface area (Å²) in [6.07, 6.45) is 2.22. The number of carbonyl (C=O) groups is 1. The number of nitrogens with zero attached hydrogens (tertiary/aromatic N) is 1. The molecule has 2 N–H and O–H groups in total. The molecule has 3 nitrogen and oxygen atoms in total. The molecular weight excluding hydrogens is 340 g/mol. The van der Waals surface area contributed by atoms with E-state index >= 15 is 0 Å². The number of nitrogens with two attached hydrogens (primary N) is 1. The Hall–Kier alpha value is -0.580. The minimum atomic E-state index is -0.941. The van der Waals surface area contributed by atoms with Gasteiger partial charge in [0.15, 0.2) is 0 Å². The molecule has 0 saturated carbocycles. The molecule has 20 heavy (non-hydrogen) atoms. The summed E-state index contributed by atoms with van der Waals surface area (Å²) in [7, 11) is 0. The molecule has 1 amide bonds. The summed E-state index contributed by atoms with van der Waals surface area (Å²) < 4.78 is 0.992. The van der Waals surface area contributed by atoms with Gasteiger partial charge in [-0.2, -0.15) is 0 Å². The van der Waals surface area contributed by atoms with Crippen molar-refractivity contribution < 1.29 is 4.79 Å². The Balaban J connectivity index is 0.00000200. The van der Waals surface area contributed by atoms with E-state index in [9.17, 15) is 4.79 Å². The molecule has 1 aromatic carbocycles. The lowest BCUT2D eigenvalue weighted by molar-refractivity contribution is -0.135. The minimum absolute atomic E-state index is 0. The normalized spacial score (nSPS) is 21.2. The largest absolute Gasteiger partial charge is 0.341 e.